The van der Waals surface area contributed by atoms with Gasteiger partial charge in [-0.25, -0.2) is 4.98 Å². The summed E-state index contributed by atoms with van der Waals surface area (Å²) >= 11 is 2.44. The highest BCUT2D eigenvalue weighted by Gasteiger charge is 2.15. The number of nitriles is 1. The van der Waals surface area contributed by atoms with Crippen molar-refractivity contribution < 1.29 is 9.72 Å². The maximum Gasteiger partial charge on any atom is 0.270 e. The smallest absolute Gasteiger partial charge is 0.270 e. The van der Waals surface area contributed by atoms with E-state index in [9.17, 15) is 14.9 Å². The number of Topliss-reactive ketones (excluding diaryl/α,β-unsaturated/α-hetero) is 1. The second-order valence-corrected chi connectivity index (χ2v) is 6.52. The monoisotopic (exact) mass is 334 g/mol. The predicted molar refractivity (Wildman–Crippen MR) is 84.5 cm³/mol. The van der Waals surface area contributed by atoms with Crippen LogP contribution in [0.25, 0.3) is 10.2 Å². The van der Waals surface area contributed by atoms with Crippen molar-refractivity contribution in [1.29, 1.82) is 5.26 Å². The number of nitro benzene ring substituents is 1. The van der Waals surface area contributed by atoms with Gasteiger partial charge in [0.2, 0.25) is 0 Å². The minimum absolute atomic E-state index is 0.00256. The zero-order valence-electron chi connectivity index (χ0n) is 11.4. The molecule has 1 aromatic heterocycles. The number of non-ortho nitro benzene ring substituents is 1. The van der Waals surface area contributed by atoms with Crippen molar-refractivity contribution in [1.82, 2.24) is 4.98 Å². The van der Waals surface area contributed by atoms with E-state index in [0.717, 1.165) is 0 Å². The summed E-state index contributed by atoms with van der Waals surface area (Å²) in [5.41, 5.74) is 6.24. The molecular formula is C13H10N4O3S2. The average Bonchev–Trinajstić information content (AvgIpc) is 2.87. The minimum Gasteiger partial charge on any atom is -0.401 e. The fourth-order valence-corrected chi connectivity index (χ4v) is 3.61. The number of nitro groups is 1. The lowest BCUT2D eigenvalue weighted by Gasteiger charge is -1.98. The number of thiazole rings is 1. The molecule has 0 saturated heterocycles. The molecule has 2 aromatic rings. The molecule has 0 atom stereocenters. The van der Waals surface area contributed by atoms with Gasteiger partial charge in [0.1, 0.15) is 11.6 Å². The van der Waals surface area contributed by atoms with Crippen molar-refractivity contribution in [3.05, 3.63) is 39.6 Å². The number of carbonyl (C=O) groups excluding carboxylic acids is 1. The number of carbonyl (C=O) groups is 1. The van der Waals surface area contributed by atoms with Gasteiger partial charge in [-0.05, 0) is 13.0 Å². The molecule has 0 saturated carbocycles. The quantitative estimate of drug-likeness (QED) is 0.293. The van der Waals surface area contributed by atoms with Gasteiger partial charge < -0.3 is 5.73 Å². The number of rotatable bonds is 5. The molecule has 112 valence electrons. The van der Waals surface area contributed by atoms with Gasteiger partial charge in [-0.3, -0.25) is 14.9 Å². The number of nitrogens with zero attached hydrogens (tertiary/aromatic N) is 3. The van der Waals surface area contributed by atoms with Crippen molar-refractivity contribution in [2.75, 3.05) is 5.75 Å². The SMILES string of the molecule is C/C(N)=C(/C#N)C(=O)CSc1nc2ccc([N+](=O)[O-])cc2s1. The lowest BCUT2D eigenvalue weighted by atomic mass is 10.2. The molecule has 22 heavy (non-hydrogen) atoms. The second kappa shape index (κ2) is 6.55. The standard InChI is InChI=1S/C13H10N4O3S2/c1-7(15)9(5-14)11(18)6-21-13-16-10-3-2-8(17(19)20)4-12(10)22-13/h2-4H,6,15H2,1H3/b9-7+. The van der Waals surface area contributed by atoms with Gasteiger partial charge in [0, 0.05) is 17.8 Å². The van der Waals surface area contributed by atoms with E-state index in [1.165, 1.54) is 42.2 Å². The molecule has 0 amide bonds. The van der Waals surface area contributed by atoms with Crippen molar-refractivity contribution in [3.8, 4) is 6.07 Å². The van der Waals surface area contributed by atoms with E-state index in [0.29, 0.717) is 14.6 Å². The van der Waals surface area contributed by atoms with Crippen molar-refractivity contribution >= 4 is 44.8 Å². The Morgan fingerprint density at radius 1 is 1.59 bits per heavy atom. The molecule has 2 N–H and O–H groups in total. The molecule has 0 spiro atoms. The third-order valence-corrected chi connectivity index (χ3v) is 4.84. The highest BCUT2D eigenvalue weighted by atomic mass is 32.2. The first-order valence-electron chi connectivity index (χ1n) is 6.00. The number of ketones is 1. The molecule has 0 aliphatic carbocycles. The van der Waals surface area contributed by atoms with E-state index in [2.05, 4.69) is 4.98 Å². The lowest BCUT2D eigenvalue weighted by molar-refractivity contribution is -0.384. The van der Waals surface area contributed by atoms with Crippen LogP contribution in [-0.4, -0.2) is 21.4 Å². The summed E-state index contributed by atoms with van der Waals surface area (Å²) in [4.78, 5) is 26.4. The van der Waals surface area contributed by atoms with Crippen LogP contribution in [0.4, 0.5) is 5.69 Å². The van der Waals surface area contributed by atoms with Crippen LogP contribution in [0.3, 0.4) is 0 Å². The Bertz CT molecular complexity index is 831. The summed E-state index contributed by atoms with van der Waals surface area (Å²) in [6, 6.07) is 6.19. The van der Waals surface area contributed by atoms with E-state index >= 15 is 0 Å². The number of allylic oxidation sites excluding steroid dienone is 2. The Morgan fingerprint density at radius 3 is 2.91 bits per heavy atom. The van der Waals surface area contributed by atoms with Crippen LogP contribution >= 0.6 is 23.1 Å². The van der Waals surface area contributed by atoms with Crippen LogP contribution in [-0.2, 0) is 4.79 Å². The molecule has 1 aromatic carbocycles. The minimum atomic E-state index is -0.469. The average molecular weight is 334 g/mol. The number of hydrogen-bond acceptors (Lipinski definition) is 8. The summed E-state index contributed by atoms with van der Waals surface area (Å²) in [6.07, 6.45) is 0. The molecule has 7 nitrogen and oxygen atoms in total. The highest BCUT2D eigenvalue weighted by Crippen LogP contribution is 2.32. The highest BCUT2D eigenvalue weighted by molar-refractivity contribution is 8.01. The van der Waals surface area contributed by atoms with E-state index in [1.807, 2.05) is 0 Å². The summed E-state index contributed by atoms with van der Waals surface area (Å²) in [6.45, 7) is 1.50. The number of benzene rings is 1. The third kappa shape index (κ3) is 3.41. The van der Waals surface area contributed by atoms with E-state index in [4.69, 9.17) is 11.0 Å². The van der Waals surface area contributed by atoms with Gasteiger partial charge in [0.25, 0.3) is 5.69 Å². The molecule has 0 radical (unpaired) electrons. The maximum absolute atomic E-state index is 11.9. The van der Waals surface area contributed by atoms with Crippen molar-refractivity contribution in [2.24, 2.45) is 5.73 Å². The molecule has 2 rings (SSSR count). The summed E-state index contributed by atoms with van der Waals surface area (Å²) in [5, 5.41) is 19.6. The molecule has 0 aliphatic heterocycles. The Balaban J connectivity index is 2.16. The van der Waals surface area contributed by atoms with Gasteiger partial charge in [0.05, 0.1) is 20.9 Å². The van der Waals surface area contributed by atoms with Gasteiger partial charge in [-0.2, -0.15) is 5.26 Å². The molecule has 0 unspecified atom stereocenters. The Morgan fingerprint density at radius 2 is 2.32 bits per heavy atom. The molecule has 0 bridgehead atoms. The number of nitrogens with two attached hydrogens (primary N) is 1. The molecule has 0 aliphatic rings. The van der Waals surface area contributed by atoms with Gasteiger partial charge in [-0.15, -0.1) is 11.3 Å². The van der Waals surface area contributed by atoms with Gasteiger partial charge >= 0.3 is 0 Å². The molecular weight excluding hydrogens is 324 g/mol. The summed E-state index contributed by atoms with van der Waals surface area (Å²) in [5.74, 6) is -0.322. The van der Waals surface area contributed by atoms with Crippen LogP contribution in [0, 0.1) is 21.4 Å². The van der Waals surface area contributed by atoms with Crippen LogP contribution < -0.4 is 5.73 Å². The van der Waals surface area contributed by atoms with Crippen LogP contribution in [0.1, 0.15) is 6.92 Å². The maximum atomic E-state index is 11.9. The van der Waals surface area contributed by atoms with Gasteiger partial charge in [-0.1, -0.05) is 11.8 Å². The Labute approximate surface area is 133 Å². The number of aromatic nitrogens is 1. The number of hydrogen-bond donors (Lipinski definition) is 1. The molecule has 1 heterocycles. The summed E-state index contributed by atoms with van der Waals surface area (Å²) < 4.78 is 1.28. The fraction of sp³-hybridized carbons (Fsp3) is 0.154. The van der Waals surface area contributed by atoms with Crippen LogP contribution in [0.15, 0.2) is 33.8 Å². The Kier molecular flexibility index (Phi) is 4.75. The number of thioether (sulfide) groups is 1. The largest absolute Gasteiger partial charge is 0.401 e. The lowest BCUT2D eigenvalue weighted by Crippen LogP contribution is -2.10. The van der Waals surface area contributed by atoms with Gasteiger partial charge in [0.15, 0.2) is 10.1 Å². The molecule has 9 heteroatoms. The van der Waals surface area contributed by atoms with E-state index in [-0.39, 0.29) is 28.5 Å². The Hall–Kier alpha value is -2.44. The molecule has 0 fully saturated rings. The normalized spacial score (nSPS) is 11.8. The predicted octanol–water partition coefficient (Wildman–Crippen LogP) is 2.62. The van der Waals surface area contributed by atoms with Crippen molar-refractivity contribution in [3.63, 3.8) is 0 Å². The summed E-state index contributed by atoms with van der Waals surface area (Å²) in [7, 11) is 0. The first-order valence-corrected chi connectivity index (χ1v) is 7.80. The second-order valence-electron chi connectivity index (χ2n) is 4.27. The van der Waals surface area contributed by atoms with Crippen LogP contribution in [0.5, 0.6) is 0 Å². The zero-order valence-corrected chi connectivity index (χ0v) is 13.0. The van der Waals surface area contributed by atoms with E-state index < -0.39 is 4.92 Å². The third-order valence-electron chi connectivity index (χ3n) is 2.67. The topological polar surface area (TPSA) is 123 Å². The van der Waals surface area contributed by atoms with Crippen LogP contribution in [0.2, 0.25) is 0 Å². The van der Waals surface area contributed by atoms with Crippen molar-refractivity contribution in [2.45, 2.75) is 11.3 Å². The zero-order chi connectivity index (χ0) is 16.3. The fourth-order valence-electron chi connectivity index (χ4n) is 1.64. The number of fused-ring (bicyclic) bond motifs is 1. The first-order chi connectivity index (χ1) is 10.4. The first kappa shape index (κ1) is 15.9. The van der Waals surface area contributed by atoms with E-state index in [1.54, 1.807) is 12.1 Å².